The number of halogens is 1. The number of likely N-dealkylation sites (tertiary alicyclic amines) is 1. The number of ether oxygens (including phenoxy) is 1. The molecule has 7 rings (SSSR count). The van der Waals surface area contributed by atoms with Gasteiger partial charge in [-0.1, -0.05) is 19.9 Å². The van der Waals surface area contributed by atoms with Gasteiger partial charge in [-0.05, 0) is 91.7 Å². The number of carbonyl (C=O) groups is 2. The molecule has 1 fully saturated rings. The standard InChI is InChI=1S/C37H41FN6O4/c1-22(45)48-21-28-27(15-26(38)16-31(28)44-12-11-43-32(36(44)47)14-24-17-37(2,3)18-33(24)43)25-13-29(35(46)42(5)20-25)40-34-9-8-23(19-39-34)30-7-6-10-41(30)4/h8-9,13-16,19-20,30H,6-7,10-12,17-18,21H2,1-5H3,(H,39,40). The molecule has 0 radical (unpaired) electrons. The molecule has 1 aromatic carbocycles. The number of esters is 1. The van der Waals surface area contributed by atoms with Gasteiger partial charge < -0.3 is 24.1 Å². The Bertz CT molecular complexity index is 2000. The number of nitrogens with zero attached hydrogens (tertiary/aromatic N) is 5. The van der Waals surface area contributed by atoms with E-state index in [-0.39, 0.29) is 29.2 Å². The molecule has 1 atom stereocenters. The van der Waals surface area contributed by atoms with Crippen LogP contribution in [0.1, 0.15) is 72.5 Å². The smallest absolute Gasteiger partial charge is 0.302 e. The van der Waals surface area contributed by atoms with Crippen LogP contribution in [-0.2, 0) is 42.6 Å². The highest BCUT2D eigenvalue weighted by Crippen LogP contribution is 2.41. The van der Waals surface area contributed by atoms with Crippen molar-refractivity contribution in [1.82, 2.24) is 19.0 Å². The lowest BCUT2D eigenvalue weighted by Gasteiger charge is -2.32. The normalized spacial score (nSPS) is 18.6. The molecule has 1 amide bonds. The summed E-state index contributed by atoms with van der Waals surface area (Å²) in [5, 5.41) is 3.15. The molecule has 3 aromatic heterocycles. The molecule has 250 valence electrons. The first-order chi connectivity index (χ1) is 22.9. The zero-order chi connectivity index (χ0) is 33.9. The van der Waals surface area contributed by atoms with Crippen molar-refractivity contribution in [2.45, 2.75) is 65.6 Å². The molecule has 48 heavy (non-hydrogen) atoms. The number of rotatable bonds is 7. The summed E-state index contributed by atoms with van der Waals surface area (Å²) in [6, 6.07) is 10.5. The lowest BCUT2D eigenvalue weighted by Crippen LogP contribution is -2.41. The molecular weight excluding hydrogens is 611 g/mol. The van der Waals surface area contributed by atoms with Crippen LogP contribution in [0.4, 0.5) is 21.6 Å². The number of pyridine rings is 2. The number of benzene rings is 1. The van der Waals surface area contributed by atoms with Gasteiger partial charge in [0, 0.05) is 62.3 Å². The zero-order valence-electron chi connectivity index (χ0n) is 28.1. The minimum Gasteiger partial charge on any atom is -0.461 e. The van der Waals surface area contributed by atoms with E-state index < -0.39 is 11.8 Å². The zero-order valence-corrected chi connectivity index (χ0v) is 28.1. The minimum atomic E-state index is -0.554. The summed E-state index contributed by atoms with van der Waals surface area (Å²) in [5.74, 6) is -0.779. The highest BCUT2D eigenvalue weighted by Gasteiger charge is 2.37. The predicted octanol–water partition coefficient (Wildman–Crippen LogP) is 5.75. The van der Waals surface area contributed by atoms with Gasteiger partial charge in [0.2, 0.25) is 0 Å². The van der Waals surface area contributed by atoms with Crippen LogP contribution in [-0.4, -0.2) is 51.0 Å². The number of amides is 1. The average Bonchev–Trinajstić information content (AvgIpc) is 3.70. The van der Waals surface area contributed by atoms with Crippen molar-refractivity contribution in [3.05, 3.63) is 93.0 Å². The van der Waals surface area contributed by atoms with E-state index in [2.05, 4.69) is 40.7 Å². The minimum absolute atomic E-state index is 0.150. The van der Waals surface area contributed by atoms with Crippen molar-refractivity contribution < 1.29 is 18.7 Å². The van der Waals surface area contributed by atoms with Gasteiger partial charge in [-0.3, -0.25) is 19.3 Å². The lowest BCUT2D eigenvalue weighted by atomic mass is 9.90. The number of aryl methyl sites for hydroxylation is 1. The summed E-state index contributed by atoms with van der Waals surface area (Å²) < 4.78 is 24.6. The topological polar surface area (TPSA) is 102 Å². The SMILES string of the molecule is CC(=O)OCc1c(-c2cc(Nc3ccc(C4CCCN4C)cn3)c(=O)n(C)c2)cc(F)cc1N1CCn2c(cc3c2CC(C)(C)C3)C1=O. The van der Waals surface area contributed by atoms with E-state index >= 15 is 4.39 Å². The van der Waals surface area contributed by atoms with Gasteiger partial charge in [0.05, 0.1) is 5.69 Å². The van der Waals surface area contributed by atoms with Gasteiger partial charge in [-0.15, -0.1) is 0 Å². The molecule has 0 saturated carbocycles. The van der Waals surface area contributed by atoms with Crippen molar-refractivity contribution in [3.63, 3.8) is 0 Å². The predicted molar refractivity (Wildman–Crippen MR) is 182 cm³/mol. The third-order valence-corrected chi connectivity index (χ3v) is 9.98. The van der Waals surface area contributed by atoms with E-state index in [0.717, 1.165) is 37.8 Å². The van der Waals surface area contributed by atoms with Crippen molar-refractivity contribution in [1.29, 1.82) is 0 Å². The molecule has 1 unspecified atom stereocenters. The Hall–Kier alpha value is -4.77. The summed E-state index contributed by atoms with van der Waals surface area (Å²) >= 11 is 0. The molecule has 2 aliphatic heterocycles. The second-order valence-corrected chi connectivity index (χ2v) is 14.2. The molecule has 0 spiro atoms. The van der Waals surface area contributed by atoms with Crippen molar-refractivity contribution in [2.75, 3.05) is 30.4 Å². The van der Waals surface area contributed by atoms with Crippen LogP contribution in [0.2, 0.25) is 0 Å². The van der Waals surface area contributed by atoms with Crippen LogP contribution < -0.4 is 15.8 Å². The molecule has 4 aromatic rings. The maximum absolute atomic E-state index is 15.6. The molecule has 5 heterocycles. The van der Waals surface area contributed by atoms with Crippen LogP contribution in [0.15, 0.2) is 53.6 Å². The van der Waals surface area contributed by atoms with E-state index in [1.54, 1.807) is 24.2 Å². The van der Waals surface area contributed by atoms with Crippen LogP contribution >= 0.6 is 0 Å². The number of anilines is 3. The quantitative estimate of drug-likeness (QED) is 0.254. The van der Waals surface area contributed by atoms with E-state index in [0.29, 0.717) is 53.0 Å². The summed E-state index contributed by atoms with van der Waals surface area (Å²) in [7, 11) is 3.73. The maximum atomic E-state index is 15.6. The molecule has 1 aliphatic carbocycles. The van der Waals surface area contributed by atoms with Crippen LogP contribution in [0.5, 0.6) is 0 Å². The summed E-state index contributed by atoms with van der Waals surface area (Å²) in [6.07, 6.45) is 7.47. The van der Waals surface area contributed by atoms with Crippen molar-refractivity contribution >= 4 is 29.1 Å². The Labute approximate surface area is 279 Å². The van der Waals surface area contributed by atoms with Gasteiger partial charge in [0.1, 0.15) is 29.6 Å². The summed E-state index contributed by atoms with van der Waals surface area (Å²) in [5.41, 5.74) is 5.93. The Morgan fingerprint density at radius 2 is 1.90 bits per heavy atom. The van der Waals surface area contributed by atoms with Crippen molar-refractivity contribution in [3.8, 4) is 11.1 Å². The number of nitrogens with one attached hydrogen (secondary N) is 1. The molecular formula is C37H41FN6O4. The average molecular weight is 653 g/mol. The van der Waals surface area contributed by atoms with E-state index in [1.807, 2.05) is 24.4 Å². The first-order valence-corrected chi connectivity index (χ1v) is 16.5. The Morgan fingerprint density at radius 3 is 2.60 bits per heavy atom. The second-order valence-electron chi connectivity index (χ2n) is 14.2. The van der Waals surface area contributed by atoms with Crippen molar-refractivity contribution in [2.24, 2.45) is 12.5 Å². The second kappa shape index (κ2) is 12.0. The van der Waals surface area contributed by atoms with E-state index in [9.17, 15) is 14.4 Å². The Balaban J connectivity index is 1.25. The fraction of sp³-hybridized carbons (Fsp3) is 0.405. The third kappa shape index (κ3) is 5.80. The number of carbonyl (C=O) groups excluding carboxylic acids is 2. The highest BCUT2D eigenvalue weighted by molar-refractivity contribution is 6.07. The number of aromatic nitrogens is 3. The number of hydrogen-bond donors (Lipinski definition) is 1. The molecule has 3 aliphatic rings. The Morgan fingerprint density at radius 1 is 1.08 bits per heavy atom. The summed E-state index contributed by atoms with van der Waals surface area (Å²) in [4.78, 5) is 47.8. The van der Waals surface area contributed by atoms with E-state index in [1.165, 1.54) is 34.9 Å². The Kier molecular flexibility index (Phi) is 7.98. The van der Waals surface area contributed by atoms with Gasteiger partial charge in [0.15, 0.2) is 0 Å². The van der Waals surface area contributed by atoms with Crippen LogP contribution in [0.3, 0.4) is 0 Å². The van der Waals surface area contributed by atoms with Gasteiger partial charge in [-0.2, -0.15) is 0 Å². The van der Waals surface area contributed by atoms with Gasteiger partial charge in [-0.25, -0.2) is 9.37 Å². The molecule has 0 bridgehead atoms. The van der Waals surface area contributed by atoms with Gasteiger partial charge in [0.25, 0.3) is 11.5 Å². The largest absolute Gasteiger partial charge is 0.461 e. The van der Waals surface area contributed by atoms with Gasteiger partial charge >= 0.3 is 5.97 Å². The molecule has 11 heteroatoms. The molecule has 10 nitrogen and oxygen atoms in total. The fourth-order valence-corrected chi connectivity index (χ4v) is 7.68. The number of fused-ring (bicyclic) bond motifs is 3. The van der Waals surface area contributed by atoms with E-state index in [4.69, 9.17) is 4.74 Å². The first kappa shape index (κ1) is 31.8. The lowest BCUT2D eigenvalue weighted by molar-refractivity contribution is -0.142. The summed E-state index contributed by atoms with van der Waals surface area (Å²) in [6.45, 7) is 7.55. The fourth-order valence-electron chi connectivity index (χ4n) is 7.68. The maximum Gasteiger partial charge on any atom is 0.302 e. The van der Waals surface area contributed by atoms with Crippen LogP contribution in [0.25, 0.3) is 11.1 Å². The highest BCUT2D eigenvalue weighted by atomic mass is 19.1. The first-order valence-electron chi connectivity index (χ1n) is 16.5. The number of hydrogen-bond acceptors (Lipinski definition) is 7. The molecule has 1 N–H and O–H groups in total. The monoisotopic (exact) mass is 652 g/mol. The van der Waals surface area contributed by atoms with Crippen LogP contribution in [0, 0.1) is 11.2 Å². The third-order valence-electron chi connectivity index (χ3n) is 9.98. The molecule has 1 saturated heterocycles.